The van der Waals surface area contributed by atoms with Crippen molar-refractivity contribution in [3.63, 3.8) is 0 Å². The Balaban J connectivity index is 2.95. The van der Waals surface area contributed by atoms with Gasteiger partial charge in [0.05, 0.1) is 13.0 Å². The quantitative estimate of drug-likeness (QED) is 0.595. The van der Waals surface area contributed by atoms with Gasteiger partial charge in [-0.2, -0.15) is 0 Å². The number of ketones is 1. The van der Waals surface area contributed by atoms with E-state index in [1.807, 2.05) is 45.0 Å². The number of para-hydroxylation sites is 1. The Bertz CT molecular complexity index is 583. The van der Waals surface area contributed by atoms with E-state index in [4.69, 9.17) is 9.47 Å². The first kappa shape index (κ1) is 18.9. The van der Waals surface area contributed by atoms with Crippen LogP contribution in [0.5, 0.6) is 5.75 Å². The van der Waals surface area contributed by atoms with Gasteiger partial charge in [0.15, 0.2) is 0 Å². The minimum absolute atomic E-state index is 0.333. The van der Waals surface area contributed by atoms with Crippen LogP contribution in [-0.4, -0.2) is 24.8 Å². The standard InChI is InChI=1S/C18H24O5/c1-12(19)10-16(20)23-17(21)14(18(2,3)4)11-13-8-6-7-9-15(13)22-5/h6-9,14H,10-11H2,1-5H3. The minimum atomic E-state index is -0.809. The van der Waals surface area contributed by atoms with Crippen LogP contribution in [0.15, 0.2) is 24.3 Å². The fourth-order valence-corrected chi connectivity index (χ4v) is 2.26. The van der Waals surface area contributed by atoms with Crippen LogP contribution in [0.1, 0.15) is 39.7 Å². The Hall–Kier alpha value is -2.17. The summed E-state index contributed by atoms with van der Waals surface area (Å²) in [6.45, 7) is 7.00. The van der Waals surface area contributed by atoms with Gasteiger partial charge in [0.2, 0.25) is 0 Å². The van der Waals surface area contributed by atoms with Gasteiger partial charge >= 0.3 is 11.9 Å². The van der Waals surface area contributed by atoms with E-state index < -0.39 is 29.7 Å². The molecule has 0 aliphatic heterocycles. The van der Waals surface area contributed by atoms with E-state index >= 15 is 0 Å². The van der Waals surface area contributed by atoms with E-state index in [-0.39, 0.29) is 5.78 Å². The van der Waals surface area contributed by atoms with Crippen molar-refractivity contribution in [3.8, 4) is 5.75 Å². The van der Waals surface area contributed by atoms with Crippen molar-refractivity contribution in [2.45, 2.75) is 40.5 Å². The summed E-state index contributed by atoms with van der Waals surface area (Å²) < 4.78 is 10.2. The Labute approximate surface area is 137 Å². The summed E-state index contributed by atoms with van der Waals surface area (Å²) in [6, 6.07) is 7.41. The Kier molecular flexibility index (Phi) is 6.49. The molecule has 0 heterocycles. The highest BCUT2D eigenvalue weighted by atomic mass is 16.6. The maximum absolute atomic E-state index is 12.4. The molecule has 5 nitrogen and oxygen atoms in total. The highest BCUT2D eigenvalue weighted by molar-refractivity contribution is 5.98. The predicted octanol–water partition coefficient (Wildman–Crippen LogP) is 2.95. The van der Waals surface area contributed by atoms with Crippen LogP contribution < -0.4 is 4.74 Å². The molecule has 0 amide bonds. The van der Waals surface area contributed by atoms with E-state index in [0.717, 1.165) is 5.56 Å². The second-order valence-electron chi connectivity index (χ2n) is 6.61. The van der Waals surface area contributed by atoms with Crippen molar-refractivity contribution in [1.29, 1.82) is 0 Å². The van der Waals surface area contributed by atoms with E-state index in [1.165, 1.54) is 6.92 Å². The number of Topliss-reactive ketones (excluding diaryl/α,β-unsaturated/α-hetero) is 1. The monoisotopic (exact) mass is 320 g/mol. The van der Waals surface area contributed by atoms with Crippen LogP contribution >= 0.6 is 0 Å². The third-order valence-corrected chi connectivity index (χ3v) is 3.55. The molecule has 0 radical (unpaired) electrons. The number of carbonyl (C=O) groups is 3. The molecule has 1 atom stereocenters. The SMILES string of the molecule is COc1ccccc1CC(C(=O)OC(=O)CC(C)=O)C(C)(C)C. The van der Waals surface area contributed by atoms with E-state index in [2.05, 4.69) is 0 Å². The zero-order chi connectivity index (χ0) is 17.6. The topological polar surface area (TPSA) is 69.7 Å². The van der Waals surface area contributed by atoms with Crippen molar-refractivity contribution >= 4 is 17.7 Å². The molecule has 23 heavy (non-hydrogen) atoms. The largest absolute Gasteiger partial charge is 0.496 e. The molecule has 5 heteroatoms. The highest BCUT2D eigenvalue weighted by Crippen LogP contribution is 2.33. The number of carbonyl (C=O) groups excluding carboxylic acids is 3. The smallest absolute Gasteiger partial charge is 0.320 e. The van der Waals surface area contributed by atoms with E-state index in [9.17, 15) is 14.4 Å². The maximum atomic E-state index is 12.4. The summed E-state index contributed by atoms with van der Waals surface area (Å²) in [6.07, 6.45) is -0.00302. The molecule has 0 bridgehead atoms. The zero-order valence-corrected chi connectivity index (χ0v) is 14.3. The van der Waals surface area contributed by atoms with Gasteiger partial charge in [0.25, 0.3) is 0 Å². The first-order chi connectivity index (χ1) is 10.6. The zero-order valence-electron chi connectivity index (χ0n) is 14.3. The van der Waals surface area contributed by atoms with Crippen molar-refractivity contribution in [1.82, 2.24) is 0 Å². The summed E-state index contributed by atoms with van der Waals surface area (Å²) in [5.74, 6) is -1.61. The molecule has 0 aliphatic rings. The molecule has 1 aromatic carbocycles. The Morgan fingerprint density at radius 3 is 2.26 bits per heavy atom. The summed E-state index contributed by atoms with van der Waals surface area (Å²) in [5, 5.41) is 0. The van der Waals surface area contributed by atoms with Crippen molar-refractivity contribution in [2.24, 2.45) is 11.3 Å². The van der Waals surface area contributed by atoms with Gasteiger partial charge in [-0.05, 0) is 30.4 Å². The average Bonchev–Trinajstić information content (AvgIpc) is 2.42. The number of hydrogen-bond donors (Lipinski definition) is 0. The molecule has 1 aromatic rings. The lowest BCUT2D eigenvalue weighted by atomic mass is 9.77. The van der Waals surface area contributed by atoms with Crippen LogP contribution in [0.2, 0.25) is 0 Å². The fourth-order valence-electron chi connectivity index (χ4n) is 2.26. The van der Waals surface area contributed by atoms with Crippen molar-refractivity contribution in [2.75, 3.05) is 7.11 Å². The van der Waals surface area contributed by atoms with Gasteiger partial charge in [-0.3, -0.25) is 14.4 Å². The number of methoxy groups -OCH3 is 1. The number of hydrogen-bond acceptors (Lipinski definition) is 5. The van der Waals surface area contributed by atoms with E-state index in [0.29, 0.717) is 12.2 Å². The summed E-state index contributed by atoms with van der Waals surface area (Å²) in [5.41, 5.74) is 0.458. The van der Waals surface area contributed by atoms with Crippen LogP contribution in [0.4, 0.5) is 0 Å². The molecular weight excluding hydrogens is 296 g/mol. The van der Waals surface area contributed by atoms with Gasteiger partial charge in [-0.1, -0.05) is 39.0 Å². The minimum Gasteiger partial charge on any atom is -0.496 e. The molecule has 1 rings (SSSR count). The molecule has 0 aliphatic carbocycles. The van der Waals surface area contributed by atoms with Crippen molar-refractivity contribution < 1.29 is 23.9 Å². The van der Waals surface area contributed by atoms with Crippen LogP contribution in [0.25, 0.3) is 0 Å². The van der Waals surface area contributed by atoms with Crippen molar-refractivity contribution in [3.05, 3.63) is 29.8 Å². The number of benzene rings is 1. The van der Waals surface area contributed by atoms with Gasteiger partial charge in [0.1, 0.15) is 18.0 Å². The van der Waals surface area contributed by atoms with Gasteiger partial charge in [-0.15, -0.1) is 0 Å². The second-order valence-corrected chi connectivity index (χ2v) is 6.61. The molecular formula is C18H24O5. The maximum Gasteiger partial charge on any atom is 0.320 e. The molecule has 0 fully saturated rings. The first-order valence-electron chi connectivity index (χ1n) is 7.51. The number of rotatable bonds is 6. The van der Waals surface area contributed by atoms with Gasteiger partial charge in [-0.25, -0.2) is 0 Å². The number of ether oxygens (including phenoxy) is 2. The first-order valence-corrected chi connectivity index (χ1v) is 7.51. The summed E-state index contributed by atoms with van der Waals surface area (Å²) in [4.78, 5) is 34.9. The van der Waals surface area contributed by atoms with Crippen LogP contribution in [0.3, 0.4) is 0 Å². The van der Waals surface area contributed by atoms with E-state index in [1.54, 1.807) is 7.11 Å². The van der Waals surface area contributed by atoms with Crippen LogP contribution in [-0.2, 0) is 25.5 Å². The summed E-state index contributed by atoms with van der Waals surface area (Å²) >= 11 is 0. The van der Waals surface area contributed by atoms with Crippen LogP contribution in [0, 0.1) is 11.3 Å². The molecule has 0 aromatic heterocycles. The molecule has 0 spiro atoms. The highest BCUT2D eigenvalue weighted by Gasteiger charge is 2.34. The second kappa shape index (κ2) is 7.90. The lowest BCUT2D eigenvalue weighted by molar-refractivity contribution is -0.165. The third-order valence-electron chi connectivity index (χ3n) is 3.55. The van der Waals surface area contributed by atoms with Gasteiger partial charge < -0.3 is 9.47 Å². The normalized spacial score (nSPS) is 12.4. The summed E-state index contributed by atoms with van der Waals surface area (Å²) in [7, 11) is 1.57. The molecule has 1 unspecified atom stereocenters. The molecule has 0 N–H and O–H groups in total. The molecule has 0 saturated heterocycles. The lowest BCUT2D eigenvalue weighted by Gasteiger charge is -2.29. The molecule has 126 valence electrons. The fraction of sp³-hybridized carbons (Fsp3) is 0.500. The average molecular weight is 320 g/mol. The molecule has 0 saturated carbocycles. The third kappa shape index (κ3) is 5.85. The van der Waals surface area contributed by atoms with Gasteiger partial charge in [0, 0.05) is 0 Å². The predicted molar refractivity (Wildman–Crippen MR) is 86.0 cm³/mol. The lowest BCUT2D eigenvalue weighted by Crippen LogP contribution is -2.33. The Morgan fingerprint density at radius 1 is 1.13 bits per heavy atom. The number of esters is 2. The Morgan fingerprint density at radius 2 is 1.74 bits per heavy atom.